The van der Waals surface area contributed by atoms with Crippen molar-refractivity contribution in [1.29, 1.82) is 0 Å². The molecule has 11 rings (SSSR count). The van der Waals surface area contributed by atoms with Crippen LogP contribution in [0.3, 0.4) is 0 Å². The first kappa shape index (κ1) is 36.3. The minimum atomic E-state index is -0.458. The van der Waals surface area contributed by atoms with E-state index in [1.807, 2.05) is 11.8 Å². The standard InChI is InChI=1S/C57H49NS/c1-56(2,3)46-27-12-16-32-51(46)58(50-31-15-10-24-43(50)42-37-36-39(38-20-5-4-6-21-38)40-22-7-8-23-41(40)42)52-33-19-30-49-55(52)44-25-9-11-26-45(44)57(49)47-28-13-17-34-53(47)59-54-35-18-14-29-48(54)57/h7-19,22-38H,4-6,20-21H2,1-3H3. The Labute approximate surface area is 353 Å². The lowest BCUT2D eigenvalue weighted by Gasteiger charge is -2.40. The fraction of sp³-hybridized carbons (Fsp3) is 0.193. The van der Waals surface area contributed by atoms with Crippen LogP contribution in [0.5, 0.6) is 0 Å². The molecule has 0 saturated heterocycles. The van der Waals surface area contributed by atoms with Crippen molar-refractivity contribution in [1.82, 2.24) is 0 Å². The molecule has 8 aromatic rings. The van der Waals surface area contributed by atoms with Crippen molar-refractivity contribution >= 4 is 39.6 Å². The highest BCUT2D eigenvalue weighted by atomic mass is 32.2. The van der Waals surface area contributed by atoms with Gasteiger partial charge in [0.05, 0.1) is 16.8 Å². The second kappa shape index (κ2) is 14.2. The summed E-state index contributed by atoms with van der Waals surface area (Å²) in [4.78, 5) is 5.26. The quantitative estimate of drug-likeness (QED) is 0.171. The van der Waals surface area contributed by atoms with Crippen LogP contribution in [0.2, 0.25) is 0 Å². The maximum atomic E-state index is 2.61. The number of hydrogen-bond donors (Lipinski definition) is 0. The van der Waals surface area contributed by atoms with Crippen LogP contribution in [0.1, 0.15) is 92.2 Å². The molecule has 0 bridgehead atoms. The van der Waals surface area contributed by atoms with E-state index in [-0.39, 0.29) is 5.41 Å². The minimum Gasteiger partial charge on any atom is -0.309 e. The highest BCUT2D eigenvalue weighted by molar-refractivity contribution is 7.99. The molecule has 1 nitrogen and oxygen atoms in total. The van der Waals surface area contributed by atoms with Crippen molar-refractivity contribution < 1.29 is 0 Å². The van der Waals surface area contributed by atoms with Crippen molar-refractivity contribution in [3.63, 3.8) is 0 Å². The third-order valence-corrected chi connectivity index (χ3v) is 14.6. The van der Waals surface area contributed by atoms with Crippen LogP contribution >= 0.6 is 11.8 Å². The van der Waals surface area contributed by atoms with E-state index in [1.165, 1.54) is 125 Å². The van der Waals surface area contributed by atoms with Crippen LogP contribution < -0.4 is 4.90 Å². The summed E-state index contributed by atoms with van der Waals surface area (Å²) >= 11 is 1.90. The summed E-state index contributed by atoms with van der Waals surface area (Å²) in [7, 11) is 0. The number of anilines is 3. The molecule has 0 amide bonds. The van der Waals surface area contributed by atoms with Gasteiger partial charge >= 0.3 is 0 Å². The lowest BCUT2D eigenvalue weighted by atomic mass is 9.67. The summed E-state index contributed by atoms with van der Waals surface area (Å²) in [6.07, 6.45) is 6.58. The number of para-hydroxylation sites is 2. The Kier molecular flexibility index (Phi) is 8.71. The summed E-state index contributed by atoms with van der Waals surface area (Å²) in [6.45, 7) is 7.04. The van der Waals surface area contributed by atoms with Gasteiger partial charge in [0.15, 0.2) is 0 Å². The number of rotatable bonds is 5. The summed E-state index contributed by atoms with van der Waals surface area (Å²) in [6, 6.07) is 66.9. The van der Waals surface area contributed by atoms with Gasteiger partial charge in [-0.25, -0.2) is 0 Å². The second-order valence-electron chi connectivity index (χ2n) is 17.8. The Morgan fingerprint density at radius 2 is 1.02 bits per heavy atom. The maximum Gasteiger partial charge on any atom is 0.0736 e. The van der Waals surface area contributed by atoms with E-state index < -0.39 is 5.41 Å². The molecule has 1 fully saturated rings. The predicted octanol–water partition coefficient (Wildman–Crippen LogP) is 16.1. The zero-order chi connectivity index (χ0) is 39.7. The number of benzene rings is 8. The Hall–Kier alpha value is -5.83. The minimum absolute atomic E-state index is 0.103. The van der Waals surface area contributed by atoms with Crippen LogP contribution in [0.4, 0.5) is 17.1 Å². The summed E-state index contributed by atoms with van der Waals surface area (Å²) in [5, 5.41) is 2.74. The molecular formula is C57H49NS. The summed E-state index contributed by atoms with van der Waals surface area (Å²) < 4.78 is 0. The van der Waals surface area contributed by atoms with Gasteiger partial charge < -0.3 is 4.90 Å². The van der Waals surface area contributed by atoms with Crippen LogP contribution in [0.25, 0.3) is 33.0 Å². The highest BCUT2D eigenvalue weighted by Gasteiger charge is 2.51. The van der Waals surface area contributed by atoms with E-state index in [4.69, 9.17) is 0 Å². The van der Waals surface area contributed by atoms with Gasteiger partial charge in [0.1, 0.15) is 0 Å². The molecule has 0 aromatic heterocycles. The number of fused-ring (bicyclic) bond motifs is 10. The monoisotopic (exact) mass is 779 g/mol. The second-order valence-corrected chi connectivity index (χ2v) is 18.9. The first-order valence-corrected chi connectivity index (χ1v) is 22.4. The molecule has 1 spiro atoms. The van der Waals surface area contributed by atoms with Gasteiger partial charge in [-0.05, 0) is 110 Å². The molecule has 2 aliphatic carbocycles. The van der Waals surface area contributed by atoms with E-state index in [1.54, 1.807) is 0 Å². The molecular weight excluding hydrogens is 731 g/mol. The van der Waals surface area contributed by atoms with Crippen LogP contribution in [-0.2, 0) is 10.8 Å². The Morgan fingerprint density at radius 1 is 0.458 bits per heavy atom. The first-order chi connectivity index (χ1) is 28.9. The Bertz CT molecular complexity index is 2860. The van der Waals surface area contributed by atoms with E-state index in [2.05, 4.69) is 202 Å². The average Bonchev–Trinajstić information content (AvgIpc) is 3.58. The molecule has 1 heterocycles. The van der Waals surface area contributed by atoms with Gasteiger partial charge in [-0.3, -0.25) is 0 Å². The number of nitrogens with zero attached hydrogens (tertiary/aromatic N) is 1. The molecule has 59 heavy (non-hydrogen) atoms. The molecule has 0 atom stereocenters. The van der Waals surface area contributed by atoms with Gasteiger partial charge in [-0.2, -0.15) is 0 Å². The molecule has 8 aromatic carbocycles. The predicted molar refractivity (Wildman–Crippen MR) is 250 cm³/mol. The van der Waals surface area contributed by atoms with E-state index >= 15 is 0 Å². The first-order valence-electron chi connectivity index (χ1n) is 21.6. The third kappa shape index (κ3) is 5.60. The van der Waals surface area contributed by atoms with Crippen LogP contribution in [0.15, 0.2) is 186 Å². The lowest BCUT2D eigenvalue weighted by Crippen LogP contribution is -2.32. The van der Waals surface area contributed by atoms with Crippen molar-refractivity contribution in [3.8, 4) is 22.3 Å². The van der Waals surface area contributed by atoms with Crippen LogP contribution in [-0.4, -0.2) is 0 Å². The zero-order valence-corrected chi connectivity index (χ0v) is 35.0. The smallest absolute Gasteiger partial charge is 0.0736 e. The molecule has 1 saturated carbocycles. The fourth-order valence-electron chi connectivity index (χ4n) is 11.0. The Morgan fingerprint density at radius 3 is 1.75 bits per heavy atom. The maximum absolute atomic E-state index is 2.61. The molecule has 1 aliphatic heterocycles. The molecule has 3 aliphatic rings. The zero-order valence-electron chi connectivity index (χ0n) is 34.2. The highest BCUT2D eigenvalue weighted by Crippen LogP contribution is 2.64. The topological polar surface area (TPSA) is 3.24 Å². The third-order valence-electron chi connectivity index (χ3n) is 13.5. The van der Waals surface area contributed by atoms with E-state index in [9.17, 15) is 0 Å². The average molecular weight is 780 g/mol. The lowest BCUT2D eigenvalue weighted by molar-refractivity contribution is 0.445. The normalized spacial score (nSPS) is 15.4. The SMILES string of the molecule is CC(C)(C)c1ccccc1N(c1ccccc1-c1ccc(C2CCCCC2)c2ccccc12)c1cccc2c1-c1ccccc1C21c2ccccc2Sc2ccccc21. The van der Waals surface area contributed by atoms with Gasteiger partial charge in [0.2, 0.25) is 0 Å². The van der Waals surface area contributed by atoms with Crippen molar-refractivity contribution in [2.45, 2.75) is 79.4 Å². The van der Waals surface area contributed by atoms with Crippen molar-refractivity contribution in [2.75, 3.05) is 4.90 Å². The summed E-state index contributed by atoms with van der Waals surface area (Å²) in [5.74, 6) is 0.626. The molecule has 0 N–H and O–H groups in total. The van der Waals surface area contributed by atoms with Gasteiger partial charge in [0.25, 0.3) is 0 Å². The molecule has 2 heteroatoms. The van der Waals surface area contributed by atoms with Crippen molar-refractivity contribution in [3.05, 3.63) is 209 Å². The Balaban J connectivity index is 1.22. The van der Waals surface area contributed by atoms with Crippen molar-refractivity contribution in [2.24, 2.45) is 0 Å². The van der Waals surface area contributed by atoms with Gasteiger partial charge in [0, 0.05) is 26.6 Å². The molecule has 0 unspecified atom stereocenters. The van der Waals surface area contributed by atoms with E-state index in [0.717, 1.165) is 0 Å². The molecule has 288 valence electrons. The van der Waals surface area contributed by atoms with E-state index in [0.29, 0.717) is 5.92 Å². The van der Waals surface area contributed by atoms with Gasteiger partial charge in [-0.15, -0.1) is 0 Å². The largest absolute Gasteiger partial charge is 0.309 e. The fourth-order valence-corrected chi connectivity index (χ4v) is 12.2. The van der Waals surface area contributed by atoms with Crippen LogP contribution in [0, 0.1) is 0 Å². The summed E-state index contributed by atoms with van der Waals surface area (Å²) in [5.41, 5.74) is 16.4. The molecule has 0 radical (unpaired) electrons. The van der Waals surface area contributed by atoms with Gasteiger partial charge in [-0.1, -0.05) is 197 Å². The number of hydrogen-bond acceptors (Lipinski definition) is 2.